The van der Waals surface area contributed by atoms with Gasteiger partial charge in [0.25, 0.3) is 11.8 Å². The van der Waals surface area contributed by atoms with E-state index in [1.807, 2.05) is 36.4 Å². The van der Waals surface area contributed by atoms with E-state index < -0.39 is 0 Å². The second-order valence-corrected chi connectivity index (χ2v) is 13.9. The van der Waals surface area contributed by atoms with Crippen LogP contribution in [0, 0.1) is 12.8 Å². The highest BCUT2D eigenvalue weighted by Crippen LogP contribution is 2.67. The van der Waals surface area contributed by atoms with Crippen LogP contribution in [-0.4, -0.2) is 82.3 Å². The van der Waals surface area contributed by atoms with Gasteiger partial charge in [0.1, 0.15) is 5.69 Å². The number of H-pyrrole nitrogens is 2. The third kappa shape index (κ3) is 4.61. The van der Waals surface area contributed by atoms with E-state index in [0.717, 1.165) is 53.5 Å². The molecule has 5 heterocycles. The van der Waals surface area contributed by atoms with Gasteiger partial charge < -0.3 is 34.6 Å². The molecule has 254 valence electrons. The van der Waals surface area contributed by atoms with Gasteiger partial charge in [0.05, 0.1) is 36.7 Å². The first-order valence-electron chi connectivity index (χ1n) is 17.1. The summed E-state index contributed by atoms with van der Waals surface area (Å²) in [5.41, 5.74) is 6.18. The van der Waals surface area contributed by atoms with Crippen molar-refractivity contribution in [1.29, 1.82) is 0 Å². The van der Waals surface area contributed by atoms with Crippen molar-refractivity contribution >= 4 is 52.0 Å². The standard InChI is InChI=1S/C38H36N6O6/c1-20-17-40-35-29(45)15-32-38(34(20)35)16-22(38)19-44(32)37(48)28-12-21-11-23(7-8-26(21)42-28)41-33(46)6-4-10-50-31-14-27-25(13-30(31)49-2)36(47)43-9-3-5-24(43)18-39-27/h7-8,11-15,17-18,22,24,40,42H,3-6,9-10,16,19H2,1-2H3,(H,41,46)/t22-,24+,38?/m1/s1. The number of nitrogens with zero attached hydrogens (tertiary/aromatic N) is 3. The zero-order valence-corrected chi connectivity index (χ0v) is 27.8. The topological polar surface area (TPSA) is 149 Å². The molecule has 3 amide bonds. The maximum atomic E-state index is 13.8. The lowest BCUT2D eigenvalue weighted by molar-refractivity contribution is -0.116. The SMILES string of the molecule is COc1cc2c(cc1OCCCC(=O)Nc1ccc3[nH]c(C(=O)N4C[C@H]5CC56C4=CC(=O)c4[nH]cc(C)c46)cc3c1)N=C[C@@H]1CCCN1C2=O. The Morgan fingerprint density at radius 3 is 2.88 bits per heavy atom. The number of hydrogen-bond donors (Lipinski definition) is 3. The van der Waals surface area contributed by atoms with Gasteiger partial charge in [-0.15, -0.1) is 0 Å². The number of hydrogen-bond acceptors (Lipinski definition) is 7. The van der Waals surface area contributed by atoms with Crippen LogP contribution in [0.3, 0.4) is 0 Å². The molecule has 3 fully saturated rings. The number of carbonyl (C=O) groups excluding carboxylic acids is 4. The number of fused-ring (bicyclic) bond motifs is 4. The monoisotopic (exact) mass is 672 g/mol. The molecule has 1 spiro atoms. The van der Waals surface area contributed by atoms with Crippen LogP contribution in [0.2, 0.25) is 0 Å². The summed E-state index contributed by atoms with van der Waals surface area (Å²) in [5.74, 6) is 0.741. The Bertz CT molecular complexity index is 2210. The van der Waals surface area contributed by atoms with E-state index in [4.69, 9.17) is 9.47 Å². The zero-order valence-electron chi connectivity index (χ0n) is 27.8. The average molecular weight is 673 g/mol. The van der Waals surface area contributed by atoms with Gasteiger partial charge >= 0.3 is 0 Å². The number of nitrogens with one attached hydrogen (secondary N) is 3. The Balaban J connectivity index is 0.829. The van der Waals surface area contributed by atoms with Crippen molar-refractivity contribution in [2.24, 2.45) is 10.9 Å². The summed E-state index contributed by atoms with van der Waals surface area (Å²) in [6.45, 7) is 3.58. The van der Waals surface area contributed by atoms with Crippen LogP contribution in [-0.2, 0) is 10.2 Å². The molecule has 3 N–H and O–H groups in total. The lowest BCUT2D eigenvalue weighted by atomic mass is 9.83. The summed E-state index contributed by atoms with van der Waals surface area (Å²) in [6, 6.07) is 10.7. The van der Waals surface area contributed by atoms with Crippen molar-refractivity contribution in [2.75, 3.05) is 32.1 Å². The second kappa shape index (κ2) is 11.2. The Kier molecular flexibility index (Phi) is 6.81. The fourth-order valence-electron chi connectivity index (χ4n) is 8.47. The number of aromatic amines is 2. The van der Waals surface area contributed by atoms with Gasteiger partial charge in [0.15, 0.2) is 11.5 Å². The first-order valence-corrected chi connectivity index (χ1v) is 17.1. The zero-order chi connectivity index (χ0) is 34.3. The highest BCUT2D eigenvalue weighted by atomic mass is 16.5. The maximum Gasteiger partial charge on any atom is 0.274 e. The summed E-state index contributed by atoms with van der Waals surface area (Å²) in [6.07, 6.45) is 8.85. The van der Waals surface area contributed by atoms with Crippen LogP contribution >= 0.6 is 0 Å². The van der Waals surface area contributed by atoms with E-state index in [2.05, 4.69) is 20.3 Å². The molecule has 2 aliphatic carbocycles. The van der Waals surface area contributed by atoms with Gasteiger partial charge in [-0.05, 0) is 80.0 Å². The molecule has 3 atom stereocenters. The van der Waals surface area contributed by atoms with Crippen molar-refractivity contribution in [3.8, 4) is 11.5 Å². The minimum Gasteiger partial charge on any atom is -0.493 e. The predicted octanol–water partition coefficient (Wildman–Crippen LogP) is 5.43. The predicted molar refractivity (Wildman–Crippen MR) is 186 cm³/mol. The van der Waals surface area contributed by atoms with E-state index in [1.54, 1.807) is 35.2 Å². The van der Waals surface area contributed by atoms with Gasteiger partial charge in [0, 0.05) is 71.8 Å². The van der Waals surface area contributed by atoms with E-state index in [0.29, 0.717) is 58.7 Å². The van der Waals surface area contributed by atoms with Crippen molar-refractivity contribution in [3.63, 3.8) is 0 Å². The van der Waals surface area contributed by atoms with E-state index >= 15 is 0 Å². The Labute approximate surface area is 287 Å². The summed E-state index contributed by atoms with van der Waals surface area (Å²) >= 11 is 0. The van der Waals surface area contributed by atoms with Crippen LogP contribution in [0.1, 0.15) is 74.6 Å². The van der Waals surface area contributed by atoms with Crippen LogP contribution < -0.4 is 14.8 Å². The number of piperidine rings is 1. The molecule has 2 aromatic carbocycles. The molecular weight excluding hydrogens is 636 g/mol. The van der Waals surface area contributed by atoms with Gasteiger partial charge in [-0.3, -0.25) is 24.2 Å². The molecule has 1 unspecified atom stereocenters. The summed E-state index contributed by atoms with van der Waals surface area (Å²) in [4.78, 5) is 67.3. The van der Waals surface area contributed by atoms with Gasteiger partial charge in [-0.2, -0.15) is 0 Å². The Morgan fingerprint density at radius 2 is 2.02 bits per heavy atom. The molecular formula is C38H36N6O6. The van der Waals surface area contributed by atoms with Crippen molar-refractivity contribution in [3.05, 3.63) is 82.4 Å². The van der Waals surface area contributed by atoms with E-state index in [-0.39, 0.29) is 48.0 Å². The largest absolute Gasteiger partial charge is 0.493 e. The molecule has 1 saturated carbocycles. The lowest BCUT2D eigenvalue weighted by Crippen LogP contribution is -2.35. The minimum atomic E-state index is -0.254. The number of ether oxygens (including phenoxy) is 2. The molecule has 2 aromatic heterocycles. The molecule has 12 heteroatoms. The van der Waals surface area contributed by atoms with Crippen LogP contribution in [0.5, 0.6) is 11.5 Å². The van der Waals surface area contributed by atoms with Crippen LogP contribution in [0.25, 0.3) is 10.9 Å². The van der Waals surface area contributed by atoms with Crippen LogP contribution in [0.4, 0.5) is 11.4 Å². The molecule has 0 bridgehead atoms. The first-order chi connectivity index (χ1) is 24.2. The van der Waals surface area contributed by atoms with Gasteiger partial charge in [-0.1, -0.05) is 0 Å². The molecule has 9 rings (SSSR count). The number of ketones is 1. The number of aromatic nitrogens is 2. The second-order valence-electron chi connectivity index (χ2n) is 13.9. The maximum absolute atomic E-state index is 13.8. The number of amides is 3. The minimum absolute atomic E-state index is 0.0145. The number of rotatable bonds is 8. The fourth-order valence-corrected chi connectivity index (χ4v) is 8.47. The normalized spacial score (nSPS) is 22.7. The van der Waals surface area contributed by atoms with Crippen molar-refractivity contribution in [2.45, 2.75) is 50.5 Å². The number of benzene rings is 2. The lowest BCUT2D eigenvalue weighted by Gasteiger charge is -2.28. The summed E-state index contributed by atoms with van der Waals surface area (Å²) in [5, 5.41) is 3.74. The number of anilines is 1. The molecule has 4 aromatic rings. The highest BCUT2D eigenvalue weighted by molar-refractivity contribution is 6.09. The van der Waals surface area contributed by atoms with Crippen molar-refractivity contribution < 1.29 is 28.7 Å². The van der Waals surface area contributed by atoms with Gasteiger partial charge in [-0.25, -0.2) is 0 Å². The number of aryl methyl sites for hydroxylation is 1. The van der Waals surface area contributed by atoms with E-state index in [1.165, 1.54) is 7.11 Å². The van der Waals surface area contributed by atoms with Gasteiger partial charge in [0.2, 0.25) is 11.7 Å². The quantitative estimate of drug-likeness (QED) is 0.213. The van der Waals surface area contributed by atoms with Crippen molar-refractivity contribution in [1.82, 2.24) is 19.8 Å². The number of allylic oxidation sites excluding steroid dienone is 2. The Morgan fingerprint density at radius 1 is 1.14 bits per heavy atom. The molecule has 50 heavy (non-hydrogen) atoms. The van der Waals surface area contributed by atoms with Crippen LogP contribution in [0.15, 0.2) is 59.4 Å². The third-order valence-electron chi connectivity index (χ3n) is 10.9. The number of methoxy groups -OCH3 is 1. The summed E-state index contributed by atoms with van der Waals surface area (Å²) < 4.78 is 11.5. The van der Waals surface area contributed by atoms with E-state index in [9.17, 15) is 19.2 Å². The number of carbonyl (C=O) groups is 4. The fraction of sp³-hybridized carbons (Fsp3) is 0.342. The smallest absolute Gasteiger partial charge is 0.274 e. The molecule has 2 saturated heterocycles. The average Bonchev–Trinajstić information content (AvgIpc) is 3.55. The number of likely N-dealkylation sites (tertiary alicyclic amines) is 1. The molecule has 0 radical (unpaired) electrons. The first kappa shape index (κ1) is 30.4. The molecule has 3 aliphatic heterocycles. The molecule has 5 aliphatic rings. The Hall–Kier alpha value is -5.65. The third-order valence-corrected chi connectivity index (χ3v) is 10.9. The number of aliphatic imine (C=N–C) groups is 1. The highest BCUT2D eigenvalue weighted by Gasteiger charge is 2.68. The molecule has 12 nitrogen and oxygen atoms in total. The summed E-state index contributed by atoms with van der Waals surface area (Å²) in [7, 11) is 1.53.